The van der Waals surface area contributed by atoms with E-state index in [2.05, 4.69) is 20.0 Å². The Morgan fingerprint density at radius 2 is 2.04 bits per heavy atom. The average molecular weight is 339 g/mol. The Morgan fingerprint density at radius 3 is 2.80 bits per heavy atom. The molecule has 0 radical (unpaired) electrons. The summed E-state index contributed by atoms with van der Waals surface area (Å²) in [5.74, 6) is 1.24. The number of imidazole rings is 1. The Labute approximate surface area is 146 Å². The molecule has 3 aromatic rings. The molecule has 1 amide bonds. The van der Waals surface area contributed by atoms with Crippen LogP contribution in [0.25, 0.3) is 5.69 Å². The van der Waals surface area contributed by atoms with Crippen LogP contribution in [0.2, 0.25) is 0 Å². The van der Waals surface area contributed by atoms with Gasteiger partial charge in [-0.15, -0.1) is 5.10 Å². The molecule has 0 saturated heterocycles. The number of hydrogen-bond donors (Lipinski definition) is 1. The molecule has 0 aliphatic heterocycles. The fraction of sp³-hybridized carbons (Fsp3) is 0.278. The highest BCUT2D eigenvalue weighted by atomic mass is 16.5. The number of amides is 1. The molecule has 0 aliphatic carbocycles. The van der Waals surface area contributed by atoms with E-state index in [9.17, 15) is 4.79 Å². The zero-order valence-electron chi connectivity index (χ0n) is 14.1. The third-order valence-electron chi connectivity index (χ3n) is 3.76. The lowest BCUT2D eigenvalue weighted by Gasteiger charge is -2.07. The minimum absolute atomic E-state index is 0.0457. The maximum Gasteiger partial charge on any atom is 0.258 e. The van der Waals surface area contributed by atoms with E-state index in [1.807, 2.05) is 43.5 Å². The first-order chi connectivity index (χ1) is 12.2. The molecular weight excluding hydrogens is 318 g/mol. The minimum atomic E-state index is -0.156. The van der Waals surface area contributed by atoms with E-state index < -0.39 is 0 Å². The van der Waals surface area contributed by atoms with Gasteiger partial charge in [-0.1, -0.05) is 18.2 Å². The molecule has 1 aromatic carbocycles. The predicted octanol–water partition coefficient (Wildman–Crippen LogP) is 1.96. The van der Waals surface area contributed by atoms with Crippen molar-refractivity contribution in [1.82, 2.24) is 24.6 Å². The van der Waals surface area contributed by atoms with Crippen LogP contribution in [0.1, 0.15) is 12.2 Å². The minimum Gasteiger partial charge on any atom is -0.466 e. The summed E-state index contributed by atoms with van der Waals surface area (Å²) in [6.07, 6.45) is 6.35. The number of hydrogen-bond acceptors (Lipinski definition) is 4. The lowest BCUT2D eigenvalue weighted by Crippen LogP contribution is -2.30. The second kappa shape index (κ2) is 8.14. The normalized spacial score (nSPS) is 10.6. The molecule has 25 heavy (non-hydrogen) atoms. The number of nitrogens with one attached hydrogen (secondary N) is 1. The Hall–Kier alpha value is -3.09. The summed E-state index contributed by atoms with van der Waals surface area (Å²) in [4.78, 5) is 16.0. The highest BCUT2D eigenvalue weighted by molar-refractivity contribution is 5.77. The van der Waals surface area contributed by atoms with Crippen molar-refractivity contribution >= 4 is 5.91 Å². The first-order valence-corrected chi connectivity index (χ1v) is 8.21. The van der Waals surface area contributed by atoms with Crippen molar-refractivity contribution in [3.05, 3.63) is 60.8 Å². The Kier molecular flexibility index (Phi) is 5.46. The molecule has 0 fully saturated rings. The second-order valence-electron chi connectivity index (χ2n) is 5.59. The first-order valence-electron chi connectivity index (χ1n) is 8.21. The number of carbonyl (C=O) groups is 1. The van der Waals surface area contributed by atoms with E-state index in [0.29, 0.717) is 12.4 Å². The van der Waals surface area contributed by atoms with Crippen molar-refractivity contribution in [2.24, 2.45) is 0 Å². The number of aryl methyl sites for hydroxylation is 2. The maximum absolute atomic E-state index is 11.8. The van der Waals surface area contributed by atoms with Gasteiger partial charge in [0.1, 0.15) is 5.82 Å². The largest absolute Gasteiger partial charge is 0.466 e. The van der Waals surface area contributed by atoms with Gasteiger partial charge in [0.25, 0.3) is 5.91 Å². The molecule has 0 unspecified atom stereocenters. The van der Waals surface area contributed by atoms with Crippen LogP contribution in [0.3, 0.4) is 0 Å². The molecule has 2 heterocycles. The zero-order valence-corrected chi connectivity index (χ0v) is 14.1. The van der Waals surface area contributed by atoms with Crippen molar-refractivity contribution in [2.75, 3.05) is 13.2 Å². The topological polar surface area (TPSA) is 74.0 Å². The number of rotatable bonds is 8. The second-order valence-corrected chi connectivity index (χ2v) is 5.59. The molecule has 3 rings (SSSR count). The standard InChI is InChI=1S/C18H21N5O2/c1-15-19-10-13-22(15)11-5-9-20-17(24)14-25-18-8-12-23(21-18)16-6-3-2-4-7-16/h2-4,6-8,10,12-13H,5,9,11,14H2,1H3,(H,20,24). The van der Waals surface area contributed by atoms with E-state index in [-0.39, 0.29) is 12.5 Å². The summed E-state index contributed by atoms with van der Waals surface area (Å²) >= 11 is 0. The number of aromatic nitrogens is 4. The van der Waals surface area contributed by atoms with Crippen LogP contribution in [-0.2, 0) is 11.3 Å². The van der Waals surface area contributed by atoms with Crippen molar-refractivity contribution in [2.45, 2.75) is 19.9 Å². The van der Waals surface area contributed by atoms with Crippen LogP contribution >= 0.6 is 0 Å². The number of para-hydroxylation sites is 1. The van der Waals surface area contributed by atoms with Crippen LogP contribution in [0.5, 0.6) is 5.88 Å². The summed E-state index contributed by atoms with van der Waals surface area (Å²) < 4.78 is 9.20. The van der Waals surface area contributed by atoms with Crippen LogP contribution in [0.4, 0.5) is 0 Å². The Morgan fingerprint density at radius 1 is 1.20 bits per heavy atom. The SMILES string of the molecule is Cc1nccn1CCCNC(=O)COc1ccn(-c2ccccc2)n1. The predicted molar refractivity (Wildman–Crippen MR) is 93.6 cm³/mol. The van der Waals surface area contributed by atoms with Gasteiger partial charge in [-0.2, -0.15) is 0 Å². The molecule has 1 N–H and O–H groups in total. The van der Waals surface area contributed by atoms with E-state index in [4.69, 9.17) is 4.74 Å². The van der Waals surface area contributed by atoms with Crippen molar-refractivity contribution in [1.29, 1.82) is 0 Å². The van der Waals surface area contributed by atoms with Crippen molar-refractivity contribution < 1.29 is 9.53 Å². The molecule has 2 aromatic heterocycles. The number of ether oxygens (including phenoxy) is 1. The van der Waals surface area contributed by atoms with Crippen LogP contribution in [0.15, 0.2) is 55.0 Å². The fourth-order valence-corrected chi connectivity index (χ4v) is 2.42. The fourth-order valence-electron chi connectivity index (χ4n) is 2.42. The third-order valence-corrected chi connectivity index (χ3v) is 3.76. The van der Waals surface area contributed by atoms with E-state index in [0.717, 1.165) is 24.5 Å². The van der Waals surface area contributed by atoms with E-state index >= 15 is 0 Å². The quantitative estimate of drug-likeness (QED) is 0.637. The number of carbonyl (C=O) groups excluding carboxylic acids is 1. The highest BCUT2D eigenvalue weighted by Gasteiger charge is 2.06. The summed E-state index contributed by atoms with van der Waals surface area (Å²) in [5, 5.41) is 7.14. The molecular formula is C18H21N5O2. The molecule has 7 heteroatoms. The van der Waals surface area contributed by atoms with Crippen LogP contribution in [-0.4, -0.2) is 38.4 Å². The summed E-state index contributed by atoms with van der Waals surface area (Å²) in [6.45, 7) is 3.34. The van der Waals surface area contributed by atoms with Crippen molar-refractivity contribution in [3.63, 3.8) is 0 Å². The zero-order chi connectivity index (χ0) is 17.5. The van der Waals surface area contributed by atoms with Gasteiger partial charge in [0.2, 0.25) is 5.88 Å². The molecule has 0 saturated carbocycles. The van der Waals surface area contributed by atoms with E-state index in [1.165, 1.54) is 0 Å². The van der Waals surface area contributed by atoms with E-state index in [1.54, 1.807) is 23.1 Å². The summed E-state index contributed by atoms with van der Waals surface area (Å²) in [5.41, 5.74) is 0.941. The molecule has 0 bridgehead atoms. The maximum atomic E-state index is 11.8. The van der Waals surface area contributed by atoms with Gasteiger partial charge in [-0.05, 0) is 25.5 Å². The van der Waals surface area contributed by atoms with Gasteiger partial charge in [-0.3, -0.25) is 4.79 Å². The molecule has 0 spiro atoms. The lowest BCUT2D eigenvalue weighted by molar-refractivity contribution is -0.123. The summed E-state index contributed by atoms with van der Waals surface area (Å²) in [6, 6.07) is 11.5. The van der Waals surface area contributed by atoms with Crippen LogP contribution in [0, 0.1) is 6.92 Å². The van der Waals surface area contributed by atoms with Gasteiger partial charge in [-0.25, -0.2) is 9.67 Å². The molecule has 130 valence electrons. The van der Waals surface area contributed by atoms with Crippen molar-refractivity contribution in [3.8, 4) is 11.6 Å². The Bertz CT molecular complexity index is 810. The first kappa shape index (κ1) is 16.8. The van der Waals surface area contributed by atoms with Gasteiger partial charge < -0.3 is 14.6 Å². The van der Waals surface area contributed by atoms with Gasteiger partial charge in [0.05, 0.1) is 5.69 Å². The molecule has 0 atom stereocenters. The highest BCUT2D eigenvalue weighted by Crippen LogP contribution is 2.11. The smallest absolute Gasteiger partial charge is 0.258 e. The third kappa shape index (κ3) is 4.69. The lowest BCUT2D eigenvalue weighted by atomic mass is 10.3. The Balaban J connectivity index is 1.38. The van der Waals surface area contributed by atoms with Gasteiger partial charge >= 0.3 is 0 Å². The van der Waals surface area contributed by atoms with Gasteiger partial charge in [0, 0.05) is 37.7 Å². The van der Waals surface area contributed by atoms with Crippen LogP contribution < -0.4 is 10.1 Å². The number of benzene rings is 1. The average Bonchev–Trinajstić information content (AvgIpc) is 3.27. The van der Waals surface area contributed by atoms with Gasteiger partial charge in [0.15, 0.2) is 6.61 Å². The molecule has 7 nitrogen and oxygen atoms in total. The number of nitrogens with zero attached hydrogens (tertiary/aromatic N) is 4. The summed E-state index contributed by atoms with van der Waals surface area (Å²) in [7, 11) is 0. The monoisotopic (exact) mass is 339 g/mol. The molecule has 0 aliphatic rings.